The molecule has 0 saturated heterocycles. The number of alkyl halides is 3. The van der Waals surface area contributed by atoms with Gasteiger partial charge >= 0.3 is 6.18 Å². The summed E-state index contributed by atoms with van der Waals surface area (Å²) >= 11 is 0. The van der Waals surface area contributed by atoms with E-state index in [0.717, 1.165) is 22.4 Å². The first-order valence-electron chi connectivity index (χ1n) is 9.84. The molecule has 11 heteroatoms. The van der Waals surface area contributed by atoms with Crippen molar-refractivity contribution < 1.29 is 23.2 Å². The third-order valence-electron chi connectivity index (χ3n) is 5.14. The van der Waals surface area contributed by atoms with Crippen LogP contribution in [-0.2, 0) is 19.1 Å². The number of nitro groups is 1. The molecule has 3 aromatic rings. The van der Waals surface area contributed by atoms with Gasteiger partial charge in [0.2, 0.25) is 5.88 Å². The Balaban J connectivity index is 2.05. The van der Waals surface area contributed by atoms with E-state index in [0.29, 0.717) is 18.6 Å². The van der Waals surface area contributed by atoms with Crippen LogP contribution in [0, 0.1) is 28.4 Å². The third-order valence-corrected chi connectivity index (χ3v) is 5.14. The Morgan fingerprint density at radius 2 is 1.91 bits per heavy atom. The van der Waals surface area contributed by atoms with Gasteiger partial charge < -0.3 is 5.11 Å². The van der Waals surface area contributed by atoms with Crippen LogP contribution < -0.4 is 5.56 Å². The van der Waals surface area contributed by atoms with E-state index in [2.05, 4.69) is 4.99 Å². The molecule has 174 valence electrons. The van der Waals surface area contributed by atoms with Gasteiger partial charge in [0, 0.05) is 18.8 Å². The van der Waals surface area contributed by atoms with Gasteiger partial charge in [-0.1, -0.05) is 30.3 Å². The third kappa shape index (κ3) is 4.96. The molecule has 0 saturated carbocycles. The van der Waals surface area contributed by atoms with E-state index in [1.807, 2.05) is 30.3 Å². The van der Waals surface area contributed by atoms with Crippen molar-refractivity contribution in [3.63, 3.8) is 0 Å². The average molecular weight is 470 g/mol. The monoisotopic (exact) mass is 470 g/mol. The second-order valence-corrected chi connectivity index (χ2v) is 7.26. The highest BCUT2D eigenvalue weighted by Gasteiger charge is 2.38. The van der Waals surface area contributed by atoms with E-state index in [1.54, 1.807) is 6.07 Å². The molecule has 34 heavy (non-hydrogen) atoms. The number of aryl methyl sites for hydroxylation is 1. The first kappa shape index (κ1) is 24.2. The minimum absolute atomic E-state index is 0.0314. The fourth-order valence-electron chi connectivity index (χ4n) is 3.35. The molecule has 0 amide bonds. The number of halogens is 3. The number of pyridine rings is 1. The van der Waals surface area contributed by atoms with Crippen molar-refractivity contribution in [2.24, 2.45) is 4.99 Å². The molecule has 1 N–H and O–H groups in total. The van der Waals surface area contributed by atoms with Gasteiger partial charge in [-0.3, -0.25) is 24.5 Å². The summed E-state index contributed by atoms with van der Waals surface area (Å²) in [7, 11) is 0. The molecule has 1 aromatic heterocycles. The van der Waals surface area contributed by atoms with Crippen LogP contribution >= 0.6 is 0 Å². The number of hydrogen-bond acceptors (Lipinski definition) is 6. The Hall–Kier alpha value is -4.46. The van der Waals surface area contributed by atoms with Crippen LogP contribution in [0.15, 0.2) is 58.3 Å². The van der Waals surface area contributed by atoms with Crippen molar-refractivity contribution in [3.8, 4) is 11.9 Å². The summed E-state index contributed by atoms with van der Waals surface area (Å²) in [5.41, 5.74) is -2.86. The predicted octanol–water partition coefficient (Wildman–Crippen LogP) is 4.65. The lowest BCUT2D eigenvalue weighted by Gasteiger charge is -2.14. The number of aromatic nitrogens is 1. The molecule has 0 aliphatic heterocycles. The van der Waals surface area contributed by atoms with Crippen molar-refractivity contribution in [2.75, 3.05) is 0 Å². The van der Waals surface area contributed by atoms with Gasteiger partial charge in [-0.25, -0.2) is 0 Å². The van der Waals surface area contributed by atoms with E-state index >= 15 is 0 Å². The summed E-state index contributed by atoms with van der Waals surface area (Å²) in [5, 5.41) is 31.1. The lowest BCUT2D eigenvalue weighted by molar-refractivity contribution is -0.388. The Morgan fingerprint density at radius 3 is 2.50 bits per heavy atom. The van der Waals surface area contributed by atoms with Crippen LogP contribution in [-0.4, -0.2) is 20.8 Å². The number of aliphatic imine (C=N–C) groups is 1. The summed E-state index contributed by atoms with van der Waals surface area (Å²) in [5.74, 6) is -0.501. The summed E-state index contributed by atoms with van der Waals surface area (Å²) in [6, 6.07) is 13.1. The standard InChI is InChI=1S/C23H17F3N4O4/c1-14-17(12-27)21(31)29(10-9-15-5-3-2-4-6-15)22(32)18(14)13-28-16-7-8-20(30(33)34)19(11-16)23(24,25)26/h2-8,11,13,32H,9-10H2,1H3. The summed E-state index contributed by atoms with van der Waals surface area (Å²) < 4.78 is 40.7. The van der Waals surface area contributed by atoms with Gasteiger partial charge in [0.05, 0.1) is 16.2 Å². The van der Waals surface area contributed by atoms with E-state index in [4.69, 9.17) is 0 Å². The molecule has 2 aromatic carbocycles. The van der Waals surface area contributed by atoms with Crippen LogP contribution in [0.5, 0.6) is 5.88 Å². The van der Waals surface area contributed by atoms with Crippen molar-refractivity contribution in [2.45, 2.75) is 26.1 Å². The van der Waals surface area contributed by atoms with Gasteiger partial charge in [0.25, 0.3) is 11.2 Å². The van der Waals surface area contributed by atoms with Crippen LogP contribution in [0.1, 0.15) is 27.8 Å². The maximum Gasteiger partial charge on any atom is 0.423 e. The van der Waals surface area contributed by atoms with Crippen molar-refractivity contribution >= 4 is 17.6 Å². The average Bonchev–Trinajstić information content (AvgIpc) is 2.79. The van der Waals surface area contributed by atoms with Crippen LogP contribution in [0.4, 0.5) is 24.5 Å². The molecule has 0 aliphatic carbocycles. The maximum atomic E-state index is 13.2. The van der Waals surface area contributed by atoms with Crippen molar-refractivity contribution in [1.29, 1.82) is 5.26 Å². The number of hydrogen-bond donors (Lipinski definition) is 1. The fraction of sp³-hybridized carbons (Fsp3) is 0.174. The van der Waals surface area contributed by atoms with E-state index < -0.39 is 33.8 Å². The maximum absolute atomic E-state index is 13.2. The largest absolute Gasteiger partial charge is 0.494 e. The molecule has 0 fully saturated rings. The molecule has 8 nitrogen and oxygen atoms in total. The highest BCUT2D eigenvalue weighted by molar-refractivity contribution is 5.87. The highest BCUT2D eigenvalue weighted by Crippen LogP contribution is 2.38. The molecule has 0 spiro atoms. The van der Waals surface area contributed by atoms with Gasteiger partial charge in [0.15, 0.2) is 0 Å². The lowest BCUT2D eigenvalue weighted by Crippen LogP contribution is -2.26. The smallest absolute Gasteiger partial charge is 0.423 e. The Kier molecular flexibility index (Phi) is 6.81. The molecule has 0 unspecified atom stereocenters. The lowest BCUT2D eigenvalue weighted by atomic mass is 10.1. The van der Waals surface area contributed by atoms with Crippen LogP contribution in [0.3, 0.4) is 0 Å². The normalized spacial score (nSPS) is 11.5. The number of benzene rings is 2. The number of aromatic hydroxyl groups is 1. The van der Waals surface area contributed by atoms with Gasteiger partial charge in [-0.2, -0.15) is 18.4 Å². The van der Waals surface area contributed by atoms with Gasteiger partial charge in [-0.05, 0) is 36.6 Å². The quantitative estimate of drug-likeness (QED) is 0.319. The second kappa shape index (κ2) is 9.58. The molecular formula is C23H17F3N4O4. The molecule has 0 aliphatic rings. The van der Waals surface area contributed by atoms with E-state index in [-0.39, 0.29) is 28.9 Å². The van der Waals surface area contributed by atoms with Crippen LogP contribution in [0.2, 0.25) is 0 Å². The van der Waals surface area contributed by atoms with E-state index in [9.17, 15) is 38.4 Å². The summed E-state index contributed by atoms with van der Waals surface area (Å²) in [4.78, 5) is 26.4. The first-order valence-corrected chi connectivity index (χ1v) is 9.84. The number of nitrogens with zero attached hydrogens (tertiary/aromatic N) is 4. The highest BCUT2D eigenvalue weighted by atomic mass is 19.4. The van der Waals surface area contributed by atoms with Crippen molar-refractivity contribution in [1.82, 2.24) is 4.57 Å². The molecule has 0 radical (unpaired) electrons. The number of rotatable bonds is 6. The first-order chi connectivity index (χ1) is 16.0. The minimum Gasteiger partial charge on any atom is -0.494 e. The second-order valence-electron chi connectivity index (χ2n) is 7.26. The zero-order valence-corrected chi connectivity index (χ0v) is 17.7. The molecule has 0 atom stereocenters. The summed E-state index contributed by atoms with van der Waals surface area (Å²) in [6.07, 6.45) is -3.59. The molecule has 0 bridgehead atoms. The zero-order chi connectivity index (χ0) is 25.0. The van der Waals surface area contributed by atoms with E-state index in [1.165, 1.54) is 6.92 Å². The fourth-order valence-corrected chi connectivity index (χ4v) is 3.35. The molecule has 3 rings (SSSR count). The topological polar surface area (TPSA) is 122 Å². The minimum atomic E-state index is -4.98. The molecule has 1 heterocycles. The Morgan fingerprint density at radius 1 is 1.24 bits per heavy atom. The Bertz CT molecular complexity index is 1370. The number of nitro benzene ring substituents is 1. The SMILES string of the molecule is Cc1c(C=Nc2ccc([N+](=O)[O-])c(C(F)(F)F)c2)c(O)n(CCc2ccccc2)c(=O)c1C#N. The molecular weight excluding hydrogens is 453 g/mol. The number of nitriles is 1. The predicted molar refractivity (Wildman–Crippen MR) is 117 cm³/mol. The Labute approximate surface area is 191 Å². The van der Waals surface area contributed by atoms with Gasteiger partial charge in [0.1, 0.15) is 17.2 Å². The van der Waals surface area contributed by atoms with Gasteiger partial charge in [-0.15, -0.1) is 0 Å². The van der Waals surface area contributed by atoms with Crippen LogP contribution in [0.25, 0.3) is 0 Å². The zero-order valence-electron chi connectivity index (χ0n) is 17.7. The summed E-state index contributed by atoms with van der Waals surface area (Å²) in [6.45, 7) is 1.44. The van der Waals surface area contributed by atoms with Crippen molar-refractivity contribution in [3.05, 3.63) is 96.8 Å².